The summed E-state index contributed by atoms with van der Waals surface area (Å²) in [6.45, 7) is 0. The quantitative estimate of drug-likeness (QED) is 0.792. The Morgan fingerprint density at radius 2 is 1.89 bits per heavy atom. The number of nitrogens with two attached hydrogens (primary N) is 1. The monoisotopic (exact) mass is 272 g/mol. The van der Waals surface area contributed by atoms with Gasteiger partial charge in [-0.2, -0.15) is 0 Å². The molecule has 0 radical (unpaired) electrons. The first-order chi connectivity index (χ1) is 8.47. The Morgan fingerprint density at radius 3 is 2.39 bits per heavy atom. The molecule has 2 rings (SSSR count). The molecule has 18 heavy (non-hydrogen) atoms. The molecule has 0 saturated heterocycles. The third kappa shape index (κ3) is 2.58. The van der Waals surface area contributed by atoms with Crippen molar-refractivity contribution in [1.29, 1.82) is 0 Å². The zero-order valence-electron chi connectivity index (χ0n) is 10.2. The molecule has 1 fully saturated rings. The van der Waals surface area contributed by atoms with E-state index in [2.05, 4.69) is 4.72 Å². The van der Waals surface area contributed by atoms with Crippen molar-refractivity contribution in [2.24, 2.45) is 5.73 Å². The average molecular weight is 272 g/mol. The van der Waals surface area contributed by atoms with Crippen LogP contribution in [0.15, 0.2) is 23.1 Å². The van der Waals surface area contributed by atoms with Crippen molar-refractivity contribution >= 4 is 10.0 Å². The number of benzene rings is 1. The molecule has 0 amide bonds. The van der Waals surface area contributed by atoms with Gasteiger partial charge in [0.15, 0.2) is 11.5 Å². The van der Waals surface area contributed by atoms with Crippen LogP contribution in [-0.2, 0) is 10.0 Å². The lowest BCUT2D eigenvalue weighted by molar-refractivity contribution is 0.354. The van der Waals surface area contributed by atoms with E-state index in [4.69, 9.17) is 15.2 Å². The van der Waals surface area contributed by atoms with Gasteiger partial charge in [0.2, 0.25) is 10.0 Å². The van der Waals surface area contributed by atoms with Crippen molar-refractivity contribution in [2.75, 3.05) is 14.2 Å². The summed E-state index contributed by atoms with van der Waals surface area (Å²) in [7, 11) is -0.603. The molecule has 0 bridgehead atoms. The summed E-state index contributed by atoms with van der Waals surface area (Å²) < 4.78 is 36.7. The van der Waals surface area contributed by atoms with Crippen molar-refractivity contribution in [3.8, 4) is 11.5 Å². The van der Waals surface area contributed by atoms with E-state index in [0.29, 0.717) is 17.9 Å². The Labute approximate surface area is 106 Å². The van der Waals surface area contributed by atoms with Crippen molar-refractivity contribution in [3.63, 3.8) is 0 Å². The fourth-order valence-corrected chi connectivity index (χ4v) is 2.92. The average Bonchev–Trinajstić information content (AvgIpc) is 3.02. The molecule has 6 nitrogen and oxygen atoms in total. The van der Waals surface area contributed by atoms with Crippen LogP contribution >= 0.6 is 0 Å². The van der Waals surface area contributed by atoms with Crippen LogP contribution in [0, 0.1) is 0 Å². The Kier molecular flexibility index (Phi) is 3.47. The van der Waals surface area contributed by atoms with E-state index in [1.54, 1.807) is 6.07 Å². The zero-order valence-corrected chi connectivity index (χ0v) is 11.0. The summed E-state index contributed by atoms with van der Waals surface area (Å²) in [6, 6.07) is 4.20. The largest absolute Gasteiger partial charge is 0.493 e. The minimum absolute atomic E-state index is 0.0834. The predicted molar refractivity (Wildman–Crippen MR) is 66.2 cm³/mol. The summed E-state index contributed by atoms with van der Waals surface area (Å²) in [5.41, 5.74) is 5.58. The van der Waals surface area contributed by atoms with Gasteiger partial charge in [-0.25, -0.2) is 13.1 Å². The van der Waals surface area contributed by atoms with Crippen LogP contribution in [-0.4, -0.2) is 34.7 Å². The first-order valence-corrected chi connectivity index (χ1v) is 6.96. The van der Waals surface area contributed by atoms with Gasteiger partial charge in [-0.1, -0.05) is 0 Å². The molecule has 0 aromatic heterocycles. The highest BCUT2D eigenvalue weighted by molar-refractivity contribution is 7.89. The molecule has 1 aliphatic rings. The minimum atomic E-state index is -3.55. The number of nitrogens with one attached hydrogen (secondary N) is 1. The lowest BCUT2D eigenvalue weighted by Crippen LogP contribution is -2.29. The molecule has 3 N–H and O–H groups in total. The molecule has 7 heteroatoms. The number of hydrogen-bond acceptors (Lipinski definition) is 5. The second kappa shape index (κ2) is 4.75. The van der Waals surface area contributed by atoms with Crippen LogP contribution in [0.2, 0.25) is 0 Å². The highest BCUT2D eigenvalue weighted by Gasteiger charge is 2.37. The lowest BCUT2D eigenvalue weighted by Gasteiger charge is -2.10. The van der Waals surface area contributed by atoms with Crippen LogP contribution in [0.3, 0.4) is 0 Å². The Balaban J connectivity index is 2.27. The highest BCUT2D eigenvalue weighted by Crippen LogP contribution is 2.30. The fourth-order valence-electron chi connectivity index (χ4n) is 1.60. The van der Waals surface area contributed by atoms with Crippen molar-refractivity contribution < 1.29 is 17.9 Å². The van der Waals surface area contributed by atoms with Crippen molar-refractivity contribution in [2.45, 2.75) is 23.4 Å². The number of rotatable bonds is 5. The van der Waals surface area contributed by atoms with Gasteiger partial charge in [0, 0.05) is 18.2 Å². The number of sulfonamides is 1. The molecule has 0 heterocycles. The van der Waals surface area contributed by atoms with Gasteiger partial charge in [-0.3, -0.25) is 0 Å². The van der Waals surface area contributed by atoms with E-state index in [1.165, 1.54) is 26.4 Å². The summed E-state index contributed by atoms with van der Waals surface area (Å²) in [5, 5.41) is 0. The van der Waals surface area contributed by atoms with Gasteiger partial charge in [-0.15, -0.1) is 0 Å². The summed E-state index contributed by atoms with van der Waals surface area (Å²) in [4.78, 5) is 0.138. The van der Waals surface area contributed by atoms with Gasteiger partial charge in [0.1, 0.15) is 0 Å². The molecule has 100 valence electrons. The molecule has 1 aliphatic carbocycles. The fraction of sp³-hybridized carbons (Fsp3) is 0.455. The Bertz CT molecular complexity index is 544. The maximum atomic E-state index is 12.0. The van der Waals surface area contributed by atoms with Crippen LogP contribution in [0.4, 0.5) is 0 Å². The van der Waals surface area contributed by atoms with Gasteiger partial charge < -0.3 is 15.2 Å². The van der Waals surface area contributed by atoms with E-state index in [0.717, 1.165) is 0 Å². The minimum Gasteiger partial charge on any atom is -0.493 e. The number of hydrogen-bond donors (Lipinski definition) is 2. The van der Waals surface area contributed by atoms with Crippen LogP contribution < -0.4 is 19.9 Å². The van der Waals surface area contributed by atoms with E-state index in [1.807, 2.05) is 0 Å². The lowest BCUT2D eigenvalue weighted by atomic mass is 10.3. The zero-order chi connectivity index (χ0) is 13.3. The molecule has 1 aromatic carbocycles. The molecular weight excluding hydrogens is 256 g/mol. The summed E-state index contributed by atoms with van der Waals surface area (Å²) in [6.07, 6.45) is 0.673. The second-order valence-electron chi connectivity index (χ2n) is 4.14. The van der Waals surface area contributed by atoms with Crippen LogP contribution in [0.5, 0.6) is 11.5 Å². The SMILES string of the molecule is COc1ccc(S(=O)(=O)NC2CC2N)cc1OC. The summed E-state index contributed by atoms with van der Waals surface area (Å²) >= 11 is 0. The third-order valence-corrected chi connectivity index (χ3v) is 4.30. The Hall–Kier alpha value is -1.31. The topological polar surface area (TPSA) is 90.7 Å². The standard InChI is InChI=1S/C11H16N2O4S/c1-16-10-4-3-7(5-11(10)17-2)18(14,15)13-9-6-8(9)12/h3-5,8-9,13H,6,12H2,1-2H3. The maximum Gasteiger partial charge on any atom is 0.241 e. The molecule has 2 unspecified atom stereocenters. The van der Waals surface area contributed by atoms with Crippen LogP contribution in [0.25, 0.3) is 0 Å². The first-order valence-electron chi connectivity index (χ1n) is 5.48. The molecular formula is C11H16N2O4S. The second-order valence-corrected chi connectivity index (χ2v) is 5.86. The first kappa shape index (κ1) is 13.1. The number of ether oxygens (including phenoxy) is 2. The Morgan fingerprint density at radius 1 is 1.28 bits per heavy atom. The van der Waals surface area contributed by atoms with E-state index in [-0.39, 0.29) is 17.0 Å². The molecule has 2 atom stereocenters. The van der Waals surface area contributed by atoms with E-state index >= 15 is 0 Å². The maximum absolute atomic E-state index is 12.0. The van der Waals surface area contributed by atoms with Gasteiger partial charge in [0.25, 0.3) is 0 Å². The van der Waals surface area contributed by atoms with E-state index < -0.39 is 10.0 Å². The highest BCUT2D eigenvalue weighted by atomic mass is 32.2. The predicted octanol–water partition coefficient (Wildman–Crippen LogP) is 0.0817. The van der Waals surface area contributed by atoms with Crippen molar-refractivity contribution in [3.05, 3.63) is 18.2 Å². The smallest absolute Gasteiger partial charge is 0.241 e. The van der Waals surface area contributed by atoms with Crippen LogP contribution in [0.1, 0.15) is 6.42 Å². The van der Waals surface area contributed by atoms with Gasteiger partial charge in [-0.05, 0) is 18.6 Å². The molecule has 0 aliphatic heterocycles. The summed E-state index contributed by atoms with van der Waals surface area (Å²) in [5.74, 6) is 0.861. The molecule has 1 aromatic rings. The van der Waals surface area contributed by atoms with E-state index in [9.17, 15) is 8.42 Å². The molecule has 0 spiro atoms. The third-order valence-electron chi connectivity index (χ3n) is 2.81. The normalized spacial score (nSPS) is 22.6. The van der Waals surface area contributed by atoms with Gasteiger partial charge in [0.05, 0.1) is 19.1 Å². The number of methoxy groups -OCH3 is 2. The molecule has 1 saturated carbocycles. The van der Waals surface area contributed by atoms with Gasteiger partial charge >= 0.3 is 0 Å². The van der Waals surface area contributed by atoms with Crippen molar-refractivity contribution in [1.82, 2.24) is 4.72 Å².